The monoisotopic (exact) mass is 298 g/mol. The lowest BCUT2D eigenvalue weighted by Crippen LogP contribution is -2.49. The predicted octanol–water partition coefficient (Wildman–Crippen LogP) is 4.09. The van der Waals surface area contributed by atoms with Gasteiger partial charge in [0.1, 0.15) is 12.2 Å². The summed E-state index contributed by atoms with van der Waals surface area (Å²) in [6.07, 6.45) is 11.9. The molecule has 1 aliphatic rings. The van der Waals surface area contributed by atoms with E-state index in [1.807, 2.05) is 6.08 Å². The Hall–Kier alpha value is -0.380. The topological polar surface area (TPSA) is 38.7 Å². The fourth-order valence-electron chi connectivity index (χ4n) is 2.76. The van der Waals surface area contributed by atoms with E-state index < -0.39 is 6.10 Å². The van der Waals surface area contributed by atoms with Gasteiger partial charge in [-0.3, -0.25) is 0 Å². The Bertz CT molecular complexity index is 278. The molecule has 0 aromatic carbocycles. The molecule has 1 fully saturated rings. The highest BCUT2D eigenvalue weighted by Gasteiger charge is 2.36. The summed E-state index contributed by atoms with van der Waals surface area (Å²) in [6, 6.07) is 0. The molecule has 1 rings (SSSR count). The predicted molar refractivity (Wildman–Crippen MR) is 87.5 cm³/mol. The zero-order chi connectivity index (χ0) is 15.5. The van der Waals surface area contributed by atoms with E-state index in [4.69, 9.17) is 9.47 Å². The second-order valence-electron chi connectivity index (χ2n) is 6.23. The van der Waals surface area contributed by atoms with Crippen molar-refractivity contribution in [2.24, 2.45) is 5.92 Å². The van der Waals surface area contributed by atoms with Crippen molar-refractivity contribution >= 4 is 0 Å². The maximum absolute atomic E-state index is 10.4. The molecule has 0 amide bonds. The lowest BCUT2D eigenvalue weighted by atomic mass is 9.93. The van der Waals surface area contributed by atoms with E-state index in [0.717, 1.165) is 12.8 Å². The van der Waals surface area contributed by atoms with Crippen molar-refractivity contribution in [3.8, 4) is 0 Å². The molecule has 1 aliphatic heterocycles. The molecular weight excluding hydrogens is 264 g/mol. The van der Waals surface area contributed by atoms with E-state index >= 15 is 0 Å². The van der Waals surface area contributed by atoms with Crippen molar-refractivity contribution < 1.29 is 14.6 Å². The van der Waals surface area contributed by atoms with Crippen molar-refractivity contribution in [3.05, 3.63) is 12.2 Å². The molecule has 124 valence electrons. The van der Waals surface area contributed by atoms with Crippen LogP contribution in [0.25, 0.3) is 0 Å². The summed E-state index contributed by atoms with van der Waals surface area (Å²) >= 11 is 0. The highest BCUT2D eigenvalue weighted by molar-refractivity contribution is 4.99. The normalized spacial score (nSPS) is 30.1. The SMILES string of the molecule is CCCCCCC/C=C\[C@@H]1OC[C@H](C)[C@H](OCCC)[C@@H]1O. The summed E-state index contributed by atoms with van der Waals surface area (Å²) in [5, 5.41) is 10.4. The van der Waals surface area contributed by atoms with Gasteiger partial charge >= 0.3 is 0 Å². The molecule has 1 heterocycles. The van der Waals surface area contributed by atoms with E-state index in [0.29, 0.717) is 13.2 Å². The van der Waals surface area contributed by atoms with Gasteiger partial charge in [-0.2, -0.15) is 0 Å². The molecule has 0 saturated carbocycles. The van der Waals surface area contributed by atoms with Crippen LogP contribution in [0.15, 0.2) is 12.2 Å². The first-order chi connectivity index (χ1) is 10.2. The molecule has 0 aromatic heterocycles. The summed E-state index contributed by atoms with van der Waals surface area (Å²) in [4.78, 5) is 0. The largest absolute Gasteiger partial charge is 0.387 e. The summed E-state index contributed by atoms with van der Waals surface area (Å²) in [6.45, 7) is 7.78. The Morgan fingerprint density at radius 3 is 2.62 bits per heavy atom. The quantitative estimate of drug-likeness (QED) is 0.487. The van der Waals surface area contributed by atoms with Crippen LogP contribution >= 0.6 is 0 Å². The van der Waals surface area contributed by atoms with Crippen molar-refractivity contribution in [2.45, 2.75) is 84.0 Å². The lowest BCUT2D eigenvalue weighted by Gasteiger charge is -2.37. The minimum absolute atomic E-state index is 0.0992. The van der Waals surface area contributed by atoms with Crippen LogP contribution in [-0.2, 0) is 9.47 Å². The van der Waals surface area contributed by atoms with Crippen molar-refractivity contribution in [2.75, 3.05) is 13.2 Å². The molecule has 0 bridgehead atoms. The molecule has 0 aliphatic carbocycles. The number of rotatable bonds is 10. The number of aliphatic hydroxyl groups excluding tert-OH is 1. The van der Waals surface area contributed by atoms with E-state index in [9.17, 15) is 5.11 Å². The lowest BCUT2D eigenvalue weighted by molar-refractivity contribution is -0.165. The van der Waals surface area contributed by atoms with Gasteiger partial charge in [0.25, 0.3) is 0 Å². The number of unbranched alkanes of at least 4 members (excludes halogenated alkanes) is 5. The van der Waals surface area contributed by atoms with Crippen LogP contribution in [0.1, 0.15) is 65.7 Å². The van der Waals surface area contributed by atoms with Gasteiger partial charge in [-0.25, -0.2) is 0 Å². The Kier molecular flexibility index (Phi) is 9.98. The average molecular weight is 298 g/mol. The Labute approximate surface area is 130 Å². The first-order valence-electron chi connectivity index (χ1n) is 8.78. The third kappa shape index (κ3) is 6.94. The fraction of sp³-hybridized carbons (Fsp3) is 0.889. The van der Waals surface area contributed by atoms with Crippen molar-refractivity contribution in [3.63, 3.8) is 0 Å². The van der Waals surface area contributed by atoms with Crippen LogP contribution in [0.4, 0.5) is 0 Å². The first kappa shape index (κ1) is 18.7. The van der Waals surface area contributed by atoms with Crippen LogP contribution in [0.5, 0.6) is 0 Å². The highest BCUT2D eigenvalue weighted by Crippen LogP contribution is 2.24. The third-order valence-corrected chi connectivity index (χ3v) is 4.10. The van der Waals surface area contributed by atoms with Gasteiger partial charge < -0.3 is 14.6 Å². The number of hydrogen-bond acceptors (Lipinski definition) is 3. The van der Waals surface area contributed by atoms with E-state index in [-0.39, 0.29) is 18.1 Å². The number of aliphatic hydroxyl groups is 1. The molecule has 3 nitrogen and oxygen atoms in total. The molecule has 0 unspecified atom stereocenters. The molecule has 21 heavy (non-hydrogen) atoms. The zero-order valence-corrected chi connectivity index (χ0v) is 14.1. The molecule has 1 N–H and O–H groups in total. The molecule has 1 saturated heterocycles. The van der Waals surface area contributed by atoms with Gasteiger partial charge in [0.05, 0.1) is 12.7 Å². The van der Waals surface area contributed by atoms with Crippen molar-refractivity contribution in [1.29, 1.82) is 0 Å². The minimum atomic E-state index is -0.545. The molecule has 0 aromatic rings. The molecule has 4 atom stereocenters. The Morgan fingerprint density at radius 2 is 1.90 bits per heavy atom. The van der Waals surface area contributed by atoms with Crippen LogP contribution < -0.4 is 0 Å². The summed E-state index contributed by atoms with van der Waals surface area (Å²) in [5.41, 5.74) is 0. The van der Waals surface area contributed by atoms with Crippen LogP contribution in [0.2, 0.25) is 0 Å². The van der Waals surface area contributed by atoms with Gasteiger partial charge in [-0.05, 0) is 19.3 Å². The molecule has 0 radical (unpaired) electrons. The van der Waals surface area contributed by atoms with Gasteiger partial charge in [0, 0.05) is 12.5 Å². The van der Waals surface area contributed by atoms with Crippen LogP contribution in [-0.4, -0.2) is 36.6 Å². The van der Waals surface area contributed by atoms with E-state index in [1.165, 1.54) is 32.1 Å². The molecule has 0 spiro atoms. The highest BCUT2D eigenvalue weighted by atomic mass is 16.5. The molecular formula is C18H34O3. The number of allylic oxidation sites excluding steroid dienone is 1. The third-order valence-electron chi connectivity index (χ3n) is 4.10. The fourth-order valence-corrected chi connectivity index (χ4v) is 2.76. The van der Waals surface area contributed by atoms with Crippen LogP contribution in [0, 0.1) is 5.92 Å². The zero-order valence-electron chi connectivity index (χ0n) is 14.1. The second-order valence-corrected chi connectivity index (χ2v) is 6.23. The number of ether oxygens (including phenoxy) is 2. The average Bonchev–Trinajstić information content (AvgIpc) is 2.48. The smallest absolute Gasteiger partial charge is 0.110 e. The standard InChI is InChI=1S/C18H34O3/c1-4-6-7-8-9-10-11-12-16-17(19)18(20-13-5-2)15(3)14-21-16/h11-12,15-19H,4-10,13-14H2,1-3H3/b12-11-/t15-,16-,17+,18-/m0/s1. The van der Waals surface area contributed by atoms with E-state index in [2.05, 4.69) is 26.8 Å². The maximum Gasteiger partial charge on any atom is 0.110 e. The van der Waals surface area contributed by atoms with Crippen LogP contribution in [0.3, 0.4) is 0 Å². The number of hydrogen-bond donors (Lipinski definition) is 1. The Morgan fingerprint density at radius 1 is 1.14 bits per heavy atom. The molecule has 3 heteroatoms. The van der Waals surface area contributed by atoms with Gasteiger partial charge in [0.2, 0.25) is 0 Å². The first-order valence-corrected chi connectivity index (χ1v) is 8.78. The second kappa shape index (κ2) is 11.2. The van der Waals surface area contributed by atoms with E-state index in [1.54, 1.807) is 0 Å². The summed E-state index contributed by atoms with van der Waals surface area (Å²) in [7, 11) is 0. The Balaban J connectivity index is 2.30. The summed E-state index contributed by atoms with van der Waals surface area (Å²) in [5.74, 6) is 0.255. The maximum atomic E-state index is 10.4. The van der Waals surface area contributed by atoms with Gasteiger partial charge in [-0.1, -0.05) is 58.6 Å². The van der Waals surface area contributed by atoms with Gasteiger partial charge in [-0.15, -0.1) is 0 Å². The van der Waals surface area contributed by atoms with Gasteiger partial charge in [0.15, 0.2) is 0 Å². The minimum Gasteiger partial charge on any atom is -0.387 e. The summed E-state index contributed by atoms with van der Waals surface area (Å²) < 4.78 is 11.5. The van der Waals surface area contributed by atoms with Crippen molar-refractivity contribution in [1.82, 2.24) is 0 Å².